The maximum absolute atomic E-state index is 13.9. The Bertz CT molecular complexity index is 419. The van der Waals surface area contributed by atoms with Crippen LogP contribution in [-0.2, 0) is 0 Å². The molecule has 0 radical (unpaired) electrons. The first-order valence-electron chi connectivity index (χ1n) is 6.53. The lowest BCUT2D eigenvalue weighted by atomic mass is 10.3. The molecular formula is C13H19F2N3. The standard InChI is InChI=1S/C13H19F2N3/c1-3-7-18(9-5-6-9)13-11(15)8-10(14)12(17-13)16-4-2/h8-9H,3-7H2,1-2H3,(H,16,17). The lowest BCUT2D eigenvalue weighted by Crippen LogP contribution is -2.28. The summed E-state index contributed by atoms with van der Waals surface area (Å²) < 4.78 is 27.4. The molecule has 5 heteroatoms. The molecule has 1 N–H and O–H groups in total. The zero-order chi connectivity index (χ0) is 13.1. The molecule has 1 heterocycles. The van der Waals surface area contributed by atoms with Crippen molar-refractivity contribution in [3.05, 3.63) is 17.7 Å². The molecule has 2 rings (SSSR count). The SMILES string of the molecule is CCCN(c1nc(NCC)c(F)cc1F)C1CC1. The van der Waals surface area contributed by atoms with Crippen LogP contribution < -0.4 is 10.2 Å². The second-order valence-corrected chi connectivity index (χ2v) is 4.58. The number of halogens is 2. The zero-order valence-electron chi connectivity index (χ0n) is 10.8. The Morgan fingerprint density at radius 3 is 2.61 bits per heavy atom. The normalized spacial score (nSPS) is 14.7. The first-order chi connectivity index (χ1) is 8.67. The van der Waals surface area contributed by atoms with E-state index in [1.54, 1.807) is 0 Å². The Balaban J connectivity index is 2.31. The van der Waals surface area contributed by atoms with E-state index in [1.807, 2.05) is 18.7 Å². The van der Waals surface area contributed by atoms with Gasteiger partial charge in [0.25, 0.3) is 0 Å². The van der Waals surface area contributed by atoms with E-state index in [9.17, 15) is 8.78 Å². The monoisotopic (exact) mass is 255 g/mol. The van der Waals surface area contributed by atoms with Crippen LogP contribution in [0.15, 0.2) is 6.07 Å². The molecule has 1 saturated carbocycles. The fraction of sp³-hybridized carbons (Fsp3) is 0.615. The van der Waals surface area contributed by atoms with Crippen molar-refractivity contribution in [2.75, 3.05) is 23.3 Å². The summed E-state index contributed by atoms with van der Waals surface area (Å²) in [7, 11) is 0. The highest BCUT2D eigenvalue weighted by Crippen LogP contribution is 2.33. The molecular weight excluding hydrogens is 236 g/mol. The maximum atomic E-state index is 13.9. The topological polar surface area (TPSA) is 28.2 Å². The van der Waals surface area contributed by atoms with Crippen LogP contribution in [0, 0.1) is 11.6 Å². The molecule has 1 fully saturated rings. The van der Waals surface area contributed by atoms with Gasteiger partial charge in [-0.25, -0.2) is 13.8 Å². The van der Waals surface area contributed by atoms with E-state index in [1.165, 1.54) is 0 Å². The van der Waals surface area contributed by atoms with Crippen LogP contribution in [0.5, 0.6) is 0 Å². The highest BCUT2D eigenvalue weighted by atomic mass is 19.1. The van der Waals surface area contributed by atoms with Gasteiger partial charge in [-0.15, -0.1) is 0 Å². The molecule has 0 amide bonds. The minimum Gasteiger partial charge on any atom is -0.368 e. The van der Waals surface area contributed by atoms with Crippen molar-refractivity contribution in [3.8, 4) is 0 Å². The average Bonchev–Trinajstić information content (AvgIpc) is 3.14. The maximum Gasteiger partial charge on any atom is 0.168 e. The highest BCUT2D eigenvalue weighted by molar-refractivity contribution is 5.50. The van der Waals surface area contributed by atoms with E-state index in [0.29, 0.717) is 12.6 Å². The summed E-state index contributed by atoms with van der Waals surface area (Å²) in [4.78, 5) is 6.06. The summed E-state index contributed by atoms with van der Waals surface area (Å²) in [5, 5.41) is 2.82. The molecule has 1 aliphatic rings. The van der Waals surface area contributed by atoms with Crippen LogP contribution in [0.3, 0.4) is 0 Å². The van der Waals surface area contributed by atoms with Gasteiger partial charge < -0.3 is 10.2 Å². The summed E-state index contributed by atoms with van der Waals surface area (Å²) >= 11 is 0. The van der Waals surface area contributed by atoms with Crippen LogP contribution in [0.25, 0.3) is 0 Å². The van der Waals surface area contributed by atoms with Crippen molar-refractivity contribution in [2.45, 2.75) is 39.2 Å². The zero-order valence-corrected chi connectivity index (χ0v) is 10.8. The third-order valence-corrected chi connectivity index (χ3v) is 2.98. The summed E-state index contributed by atoms with van der Waals surface area (Å²) in [6, 6.07) is 1.29. The van der Waals surface area contributed by atoms with Crippen molar-refractivity contribution in [1.29, 1.82) is 0 Å². The van der Waals surface area contributed by atoms with Crippen molar-refractivity contribution in [3.63, 3.8) is 0 Å². The Labute approximate surface area is 106 Å². The second kappa shape index (κ2) is 5.50. The first kappa shape index (κ1) is 13.1. The van der Waals surface area contributed by atoms with E-state index in [2.05, 4.69) is 10.3 Å². The van der Waals surface area contributed by atoms with Gasteiger partial charge in [-0.1, -0.05) is 6.92 Å². The molecule has 1 aromatic rings. The number of hydrogen-bond donors (Lipinski definition) is 1. The number of nitrogens with zero attached hydrogens (tertiary/aromatic N) is 2. The molecule has 1 aromatic heterocycles. The first-order valence-corrected chi connectivity index (χ1v) is 6.53. The minimum absolute atomic E-state index is 0.135. The average molecular weight is 255 g/mol. The molecule has 0 aliphatic heterocycles. The van der Waals surface area contributed by atoms with Gasteiger partial charge in [0.2, 0.25) is 0 Å². The summed E-state index contributed by atoms with van der Waals surface area (Å²) in [5.74, 6) is -0.799. The van der Waals surface area contributed by atoms with Crippen molar-refractivity contribution < 1.29 is 8.78 Å². The third kappa shape index (κ3) is 2.71. The Morgan fingerprint density at radius 1 is 1.33 bits per heavy atom. The summed E-state index contributed by atoms with van der Waals surface area (Å²) in [6.07, 6.45) is 3.05. The van der Waals surface area contributed by atoms with Gasteiger partial charge in [-0.2, -0.15) is 0 Å². The number of nitrogens with one attached hydrogen (secondary N) is 1. The fourth-order valence-corrected chi connectivity index (χ4v) is 2.04. The second-order valence-electron chi connectivity index (χ2n) is 4.58. The van der Waals surface area contributed by atoms with Crippen LogP contribution in [0.2, 0.25) is 0 Å². The molecule has 100 valence electrons. The number of rotatable bonds is 6. The van der Waals surface area contributed by atoms with Crippen molar-refractivity contribution >= 4 is 11.6 Å². The van der Waals surface area contributed by atoms with E-state index in [0.717, 1.165) is 31.9 Å². The van der Waals surface area contributed by atoms with Crippen molar-refractivity contribution in [2.24, 2.45) is 0 Å². The molecule has 0 aromatic carbocycles. The number of pyridine rings is 1. The van der Waals surface area contributed by atoms with Crippen LogP contribution in [0.1, 0.15) is 33.1 Å². The van der Waals surface area contributed by atoms with Gasteiger partial charge in [0, 0.05) is 25.2 Å². The number of anilines is 2. The predicted molar refractivity (Wildman–Crippen MR) is 69.0 cm³/mol. The Morgan fingerprint density at radius 2 is 2.06 bits per heavy atom. The molecule has 3 nitrogen and oxygen atoms in total. The van der Waals surface area contributed by atoms with Crippen LogP contribution in [-0.4, -0.2) is 24.1 Å². The number of hydrogen-bond acceptors (Lipinski definition) is 3. The van der Waals surface area contributed by atoms with Gasteiger partial charge >= 0.3 is 0 Å². The lowest BCUT2D eigenvalue weighted by Gasteiger charge is -2.24. The smallest absolute Gasteiger partial charge is 0.168 e. The molecule has 1 aliphatic carbocycles. The summed E-state index contributed by atoms with van der Waals surface area (Å²) in [5.41, 5.74) is 0. The molecule has 0 saturated heterocycles. The van der Waals surface area contributed by atoms with E-state index >= 15 is 0 Å². The molecule has 0 bridgehead atoms. The van der Waals surface area contributed by atoms with Gasteiger partial charge in [-0.3, -0.25) is 0 Å². The minimum atomic E-state index is -0.634. The quantitative estimate of drug-likeness (QED) is 0.846. The van der Waals surface area contributed by atoms with E-state index in [-0.39, 0.29) is 11.6 Å². The van der Waals surface area contributed by atoms with Gasteiger partial charge in [-0.05, 0) is 26.2 Å². The summed E-state index contributed by atoms with van der Waals surface area (Å²) in [6.45, 7) is 5.22. The lowest BCUT2D eigenvalue weighted by molar-refractivity contribution is 0.567. The Hall–Kier alpha value is -1.39. The molecule has 0 atom stereocenters. The Kier molecular flexibility index (Phi) is 3.99. The fourth-order valence-electron chi connectivity index (χ4n) is 2.04. The third-order valence-electron chi connectivity index (χ3n) is 2.98. The van der Waals surface area contributed by atoms with Gasteiger partial charge in [0.1, 0.15) is 0 Å². The van der Waals surface area contributed by atoms with Crippen LogP contribution in [0.4, 0.5) is 20.4 Å². The van der Waals surface area contributed by atoms with Crippen molar-refractivity contribution in [1.82, 2.24) is 4.98 Å². The van der Waals surface area contributed by atoms with Gasteiger partial charge in [0.15, 0.2) is 23.3 Å². The predicted octanol–water partition coefficient (Wildman–Crippen LogP) is 3.17. The van der Waals surface area contributed by atoms with Gasteiger partial charge in [0.05, 0.1) is 0 Å². The highest BCUT2D eigenvalue weighted by Gasteiger charge is 2.31. The molecule has 18 heavy (non-hydrogen) atoms. The molecule has 0 spiro atoms. The van der Waals surface area contributed by atoms with Crippen LogP contribution >= 0.6 is 0 Å². The van der Waals surface area contributed by atoms with E-state index in [4.69, 9.17) is 0 Å². The largest absolute Gasteiger partial charge is 0.368 e. The number of aromatic nitrogens is 1. The molecule has 0 unspecified atom stereocenters. The van der Waals surface area contributed by atoms with E-state index < -0.39 is 11.6 Å².